The molecule has 29 heavy (non-hydrogen) atoms. The van der Waals surface area contributed by atoms with Crippen LogP contribution in [-0.4, -0.2) is 11.1 Å². The average molecular weight is 391 g/mol. The SMILES string of the molecule is CC[C@]1(C=C(C)C=Cc2ccccc2)C=C(C)[C@H]2[C@H](C)C=C(C)[C@@H]2[C@@]1(C)C(=O)O. The van der Waals surface area contributed by atoms with E-state index in [4.69, 9.17) is 0 Å². The molecule has 0 saturated carbocycles. The van der Waals surface area contributed by atoms with Crippen LogP contribution in [-0.2, 0) is 4.79 Å². The molecule has 0 aromatic heterocycles. The Morgan fingerprint density at radius 2 is 1.83 bits per heavy atom. The molecule has 1 N–H and O–H groups in total. The molecule has 5 atom stereocenters. The average Bonchev–Trinajstić information content (AvgIpc) is 2.99. The molecule has 1 aromatic rings. The van der Waals surface area contributed by atoms with Gasteiger partial charge in [0.15, 0.2) is 0 Å². The first-order chi connectivity index (χ1) is 13.7. The first-order valence-electron chi connectivity index (χ1n) is 10.7. The first-order valence-corrected chi connectivity index (χ1v) is 10.7. The summed E-state index contributed by atoms with van der Waals surface area (Å²) in [7, 11) is 0. The summed E-state index contributed by atoms with van der Waals surface area (Å²) in [4.78, 5) is 12.8. The summed E-state index contributed by atoms with van der Waals surface area (Å²) in [6.07, 6.45) is 11.7. The summed E-state index contributed by atoms with van der Waals surface area (Å²) < 4.78 is 0. The summed E-state index contributed by atoms with van der Waals surface area (Å²) >= 11 is 0. The van der Waals surface area contributed by atoms with Crippen LogP contribution in [0.25, 0.3) is 6.08 Å². The van der Waals surface area contributed by atoms with Crippen LogP contribution >= 0.6 is 0 Å². The molecule has 0 aliphatic heterocycles. The molecule has 154 valence electrons. The number of benzene rings is 1. The second kappa shape index (κ2) is 7.82. The lowest BCUT2D eigenvalue weighted by Crippen LogP contribution is -2.54. The lowest BCUT2D eigenvalue weighted by molar-refractivity contribution is -0.159. The Morgan fingerprint density at radius 1 is 1.17 bits per heavy atom. The Kier molecular flexibility index (Phi) is 5.76. The number of hydrogen-bond donors (Lipinski definition) is 1. The summed E-state index contributed by atoms with van der Waals surface area (Å²) in [5.41, 5.74) is 3.40. The van der Waals surface area contributed by atoms with E-state index in [1.54, 1.807) is 0 Å². The molecule has 0 saturated heterocycles. The Bertz CT molecular complexity index is 902. The fourth-order valence-corrected chi connectivity index (χ4v) is 5.98. The minimum Gasteiger partial charge on any atom is -0.481 e. The quantitative estimate of drug-likeness (QED) is 0.437. The molecule has 2 aliphatic rings. The third kappa shape index (κ3) is 3.43. The van der Waals surface area contributed by atoms with E-state index >= 15 is 0 Å². The van der Waals surface area contributed by atoms with Crippen LogP contribution in [0.1, 0.15) is 53.5 Å². The number of fused-ring (bicyclic) bond motifs is 1. The number of carbonyl (C=O) groups is 1. The Morgan fingerprint density at radius 3 is 2.41 bits per heavy atom. The minimum atomic E-state index is -0.876. The molecule has 0 spiro atoms. The van der Waals surface area contributed by atoms with Gasteiger partial charge >= 0.3 is 5.97 Å². The van der Waals surface area contributed by atoms with E-state index in [1.165, 1.54) is 11.1 Å². The third-order valence-corrected chi connectivity index (χ3v) is 7.39. The Hall–Kier alpha value is -2.35. The van der Waals surface area contributed by atoms with E-state index in [-0.39, 0.29) is 11.8 Å². The number of allylic oxidation sites excluding steroid dienone is 7. The van der Waals surface area contributed by atoms with Crippen molar-refractivity contribution in [3.63, 3.8) is 0 Å². The van der Waals surface area contributed by atoms with Crippen molar-refractivity contribution < 1.29 is 9.90 Å². The van der Waals surface area contributed by atoms with Crippen LogP contribution in [0.15, 0.2) is 71.4 Å². The summed E-state index contributed by atoms with van der Waals surface area (Å²) in [5.74, 6) is -0.00434. The second-order valence-electron chi connectivity index (χ2n) is 9.20. The molecule has 0 heterocycles. The van der Waals surface area contributed by atoms with Crippen molar-refractivity contribution >= 4 is 12.0 Å². The number of rotatable bonds is 5. The van der Waals surface area contributed by atoms with E-state index in [0.29, 0.717) is 5.92 Å². The van der Waals surface area contributed by atoms with E-state index in [1.807, 2.05) is 25.1 Å². The lowest BCUT2D eigenvalue weighted by Gasteiger charge is -2.53. The molecule has 2 aliphatic carbocycles. The van der Waals surface area contributed by atoms with Crippen molar-refractivity contribution in [1.82, 2.24) is 0 Å². The molecule has 2 nitrogen and oxygen atoms in total. The van der Waals surface area contributed by atoms with Crippen LogP contribution in [0.5, 0.6) is 0 Å². The lowest BCUT2D eigenvalue weighted by atomic mass is 9.49. The highest BCUT2D eigenvalue weighted by molar-refractivity contribution is 5.79. The van der Waals surface area contributed by atoms with Gasteiger partial charge < -0.3 is 5.11 Å². The molecule has 0 unspecified atom stereocenters. The van der Waals surface area contributed by atoms with Gasteiger partial charge in [-0.1, -0.05) is 91.3 Å². The molecular formula is C27H34O2. The fourth-order valence-electron chi connectivity index (χ4n) is 5.98. The van der Waals surface area contributed by atoms with E-state index < -0.39 is 16.8 Å². The van der Waals surface area contributed by atoms with Gasteiger partial charge in [-0.3, -0.25) is 4.79 Å². The first kappa shape index (κ1) is 21.4. The largest absolute Gasteiger partial charge is 0.481 e. The molecule has 0 radical (unpaired) electrons. The fraction of sp³-hybridized carbons (Fsp3) is 0.444. The van der Waals surface area contributed by atoms with E-state index in [9.17, 15) is 9.90 Å². The molecule has 1 aromatic carbocycles. The van der Waals surface area contributed by atoms with Gasteiger partial charge in [-0.25, -0.2) is 0 Å². The number of aliphatic carboxylic acids is 1. The summed E-state index contributed by atoms with van der Waals surface area (Å²) in [6, 6.07) is 10.2. The topological polar surface area (TPSA) is 37.3 Å². The Balaban J connectivity index is 2.12. The maximum atomic E-state index is 12.8. The molecule has 0 fully saturated rings. The van der Waals surface area contributed by atoms with Crippen molar-refractivity contribution in [3.8, 4) is 0 Å². The number of hydrogen-bond acceptors (Lipinski definition) is 1. The number of carboxylic acids is 1. The normalized spacial score (nSPS) is 34.7. The molecule has 0 bridgehead atoms. The summed E-state index contributed by atoms with van der Waals surface area (Å²) in [5, 5.41) is 10.5. The van der Waals surface area contributed by atoms with Crippen molar-refractivity contribution in [2.75, 3.05) is 0 Å². The van der Waals surface area contributed by atoms with Gasteiger partial charge in [0.2, 0.25) is 0 Å². The van der Waals surface area contributed by atoms with Crippen molar-refractivity contribution in [2.45, 2.75) is 48.0 Å². The van der Waals surface area contributed by atoms with Gasteiger partial charge in [0, 0.05) is 11.3 Å². The van der Waals surface area contributed by atoms with Gasteiger partial charge in [-0.2, -0.15) is 0 Å². The van der Waals surface area contributed by atoms with Gasteiger partial charge in [0.1, 0.15) is 0 Å². The van der Waals surface area contributed by atoms with Gasteiger partial charge in [-0.05, 0) is 51.5 Å². The molecule has 3 rings (SSSR count). The molecular weight excluding hydrogens is 356 g/mol. The van der Waals surface area contributed by atoms with Gasteiger partial charge in [0.25, 0.3) is 0 Å². The molecule has 0 amide bonds. The number of carboxylic acid groups (broad SMARTS) is 1. The third-order valence-electron chi connectivity index (χ3n) is 7.39. The van der Waals surface area contributed by atoms with Crippen LogP contribution in [0, 0.1) is 28.6 Å². The van der Waals surface area contributed by atoms with Crippen LogP contribution < -0.4 is 0 Å². The van der Waals surface area contributed by atoms with Crippen molar-refractivity contribution in [1.29, 1.82) is 0 Å². The van der Waals surface area contributed by atoms with E-state index in [2.05, 4.69) is 77.1 Å². The highest BCUT2D eigenvalue weighted by Gasteiger charge is 2.61. The van der Waals surface area contributed by atoms with Crippen LogP contribution in [0.3, 0.4) is 0 Å². The van der Waals surface area contributed by atoms with Crippen molar-refractivity contribution in [2.24, 2.45) is 28.6 Å². The maximum Gasteiger partial charge on any atom is 0.311 e. The minimum absolute atomic E-state index is 0.0297. The van der Waals surface area contributed by atoms with Crippen molar-refractivity contribution in [3.05, 3.63) is 76.9 Å². The predicted molar refractivity (Wildman–Crippen MR) is 121 cm³/mol. The standard InChI is InChI=1S/C27H34O2/c1-7-27(16-18(2)13-14-22-11-9-8-10-12-22)17-21(5)23-19(3)15-20(4)24(23)26(27,6)25(28)29/h8-17,19,23-24H,7H2,1-6H3,(H,28,29)/t19-,23-,24+,26+,27+/m1/s1. The smallest absolute Gasteiger partial charge is 0.311 e. The zero-order valence-electron chi connectivity index (χ0n) is 18.6. The highest BCUT2D eigenvalue weighted by atomic mass is 16.4. The van der Waals surface area contributed by atoms with Crippen LogP contribution in [0.4, 0.5) is 0 Å². The highest BCUT2D eigenvalue weighted by Crippen LogP contribution is 2.63. The van der Waals surface area contributed by atoms with Crippen LogP contribution in [0.2, 0.25) is 0 Å². The zero-order chi connectivity index (χ0) is 21.4. The predicted octanol–water partition coefficient (Wildman–Crippen LogP) is 6.92. The molecule has 2 heteroatoms. The van der Waals surface area contributed by atoms with E-state index in [0.717, 1.165) is 17.6 Å². The van der Waals surface area contributed by atoms with Gasteiger partial charge in [0.05, 0.1) is 5.41 Å². The Labute approximate surface area is 175 Å². The summed E-state index contributed by atoms with van der Waals surface area (Å²) in [6.45, 7) is 12.7. The van der Waals surface area contributed by atoms with Gasteiger partial charge in [-0.15, -0.1) is 0 Å². The zero-order valence-corrected chi connectivity index (χ0v) is 18.6. The monoisotopic (exact) mass is 390 g/mol. The maximum absolute atomic E-state index is 12.8. The second-order valence-corrected chi connectivity index (χ2v) is 9.20.